The number of rotatable bonds is 10. The minimum absolute atomic E-state index is 0.0384. The van der Waals surface area contributed by atoms with Crippen LogP contribution in [0.1, 0.15) is 30.5 Å². The van der Waals surface area contributed by atoms with Gasteiger partial charge < -0.3 is 10.2 Å². The van der Waals surface area contributed by atoms with Crippen molar-refractivity contribution in [1.82, 2.24) is 14.5 Å². The van der Waals surface area contributed by atoms with Crippen molar-refractivity contribution in [3.8, 4) is 0 Å². The molecule has 11 heteroatoms. The number of hydrogen-bond donors (Lipinski definition) is 1. The Morgan fingerprint density at radius 3 is 2.26 bits per heavy atom. The molecule has 0 aromatic heterocycles. The van der Waals surface area contributed by atoms with Gasteiger partial charge in [0.1, 0.15) is 12.6 Å². The van der Waals surface area contributed by atoms with Gasteiger partial charge in [0.15, 0.2) is 0 Å². The van der Waals surface area contributed by atoms with Gasteiger partial charge in [-0.05, 0) is 62.6 Å². The Morgan fingerprint density at radius 1 is 1.03 bits per heavy atom. The number of amides is 2. The number of nitrogens with zero attached hydrogens (tertiary/aromatic N) is 3. The molecule has 0 aliphatic rings. The molecule has 0 radical (unpaired) electrons. The summed E-state index contributed by atoms with van der Waals surface area (Å²) in [6, 6.07) is 9.47. The van der Waals surface area contributed by atoms with Gasteiger partial charge in [0.05, 0.1) is 15.7 Å². The number of carbonyl (C=O) groups is 2. The summed E-state index contributed by atoms with van der Waals surface area (Å²) in [6.07, 6.45) is 0. The Morgan fingerprint density at radius 2 is 1.69 bits per heavy atom. The standard InChI is InChI=1S/C24H32Cl2N4O4S/c1-7-27-24(32)18(4)29(14-19-10-11-20(25)21(26)13-19)23(31)15-30(35(33,34)28(5)6)22-12-16(2)8-9-17(22)3/h8-13,18H,7,14-15H2,1-6H3,(H,27,32)/t18-/m1/s1. The van der Waals surface area contributed by atoms with Gasteiger partial charge >= 0.3 is 10.2 Å². The molecule has 2 amide bonds. The Hall–Kier alpha value is -2.33. The molecule has 192 valence electrons. The van der Waals surface area contributed by atoms with Crippen molar-refractivity contribution in [2.75, 3.05) is 31.5 Å². The molecule has 1 atom stereocenters. The number of benzene rings is 2. The molecular formula is C24H32Cl2N4O4S. The van der Waals surface area contributed by atoms with E-state index in [2.05, 4.69) is 5.32 Å². The number of aryl methyl sites for hydroxylation is 2. The van der Waals surface area contributed by atoms with E-state index in [1.807, 2.05) is 13.0 Å². The Labute approximate surface area is 218 Å². The monoisotopic (exact) mass is 542 g/mol. The average Bonchev–Trinajstić information content (AvgIpc) is 2.79. The van der Waals surface area contributed by atoms with E-state index in [0.717, 1.165) is 14.2 Å². The van der Waals surface area contributed by atoms with Crippen LogP contribution in [-0.4, -0.2) is 62.7 Å². The van der Waals surface area contributed by atoms with Crippen LogP contribution in [0.5, 0.6) is 0 Å². The molecule has 0 saturated heterocycles. The molecule has 0 saturated carbocycles. The highest BCUT2D eigenvalue weighted by molar-refractivity contribution is 7.90. The van der Waals surface area contributed by atoms with Crippen molar-refractivity contribution in [3.05, 3.63) is 63.1 Å². The van der Waals surface area contributed by atoms with Gasteiger partial charge in [-0.15, -0.1) is 0 Å². The van der Waals surface area contributed by atoms with E-state index in [4.69, 9.17) is 23.2 Å². The number of carbonyl (C=O) groups excluding carboxylic acids is 2. The van der Waals surface area contributed by atoms with Crippen molar-refractivity contribution >= 4 is 50.9 Å². The molecule has 0 bridgehead atoms. The summed E-state index contributed by atoms with van der Waals surface area (Å²) >= 11 is 12.2. The first-order valence-electron chi connectivity index (χ1n) is 11.1. The van der Waals surface area contributed by atoms with E-state index in [0.29, 0.717) is 33.4 Å². The molecular weight excluding hydrogens is 511 g/mol. The van der Waals surface area contributed by atoms with Crippen molar-refractivity contribution in [3.63, 3.8) is 0 Å². The fraction of sp³-hybridized carbons (Fsp3) is 0.417. The van der Waals surface area contributed by atoms with Gasteiger partial charge in [-0.25, -0.2) is 4.31 Å². The van der Waals surface area contributed by atoms with Crippen LogP contribution >= 0.6 is 23.2 Å². The highest BCUT2D eigenvalue weighted by atomic mass is 35.5. The molecule has 0 aliphatic heterocycles. The van der Waals surface area contributed by atoms with E-state index >= 15 is 0 Å². The quantitative estimate of drug-likeness (QED) is 0.494. The fourth-order valence-electron chi connectivity index (χ4n) is 3.43. The topological polar surface area (TPSA) is 90.0 Å². The molecule has 0 heterocycles. The van der Waals surface area contributed by atoms with Gasteiger partial charge in [0.25, 0.3) is 0 Å². The van der Waals surface area contributed by atoms with Crippen molar-refractivity contribution in [2.45, 2.75) is 40.3 Å². The van der Waals surface area contributed by atoms with E-state index in [1.165, 1.54) is 19.0 Å². The molecule has 8 nitrogen and oxygen atoms in total. The maximum Gasteiger partial charge on any atom is 0.304 e. The van der Waals surface area contributed by atoms with E-state index < -0.39 is 28.7 Å². The average molecular weight is 544 g/mol. The first kappa shape index (κ1) is 28.9. The molecule has 2 rings (SSSR count). The van der Waals surface area contributed by atoms with Crippen molar-refractivity contribution in [1.29, 1.82) is 0 Å². The second-order valence-corrected chi connectivity index (χ2v) is 11.3. The summed E-state index contributed by atoms with van der Waals surface area (Å²) in [7, 11) is -1.21. The fourth-order valence-corrected chi connectivity index (χ4v) is 4.86. The zero-order valence-electron chi connectivity index (χ0n) is 20.8. The smallest absolute Gasteiger partial charge is 0.304 e. The molecule has 0 aliphatic carbocycles. The van der Waals surface area contributed by atoms with Gasteiger partial charge in [0.2, 0.25) is 11.8 Å². The summed E-state index contributed by atoms with van der Waals surface area (Å²) in [5.41, 5.74) is 2.59. The number of likely N-dealkylation sites (N-methyl/N-ethyl adjacent to an activating group) is 1. The predicted octanol–water partition coefficient (Wildman–Crippen LogP) is 3.78. The Bertz CT molecular complexity index is 1190. The SMILES string of the molecule is CCNC(=O)[C@@H](C)N(Cc1ccc(Cl)c(Cl)c1)C(=O)CN(c1cc(C)ccc1C)S(=O)(=O)N(C)C. The van der Waals surface area contributed by atoms with E-state index in [1.54, 1.807) is 51.1 Å². The van der Waals surface area contributed by atoms with Gasteiger partial charge in [-0.2, -0.15) is 12.7 Å². The molecule has 1 N–H and O–H groups in total. The summed E-state index contributed by atoms with van der Waals surface area (Å²) in [4.78, 5) is 27.7. The summed E-state index contributed by atoms with van der Waals surface area (Å²) in [5, 5.41) is 3.40. The van der Waals surface area contributed by atoms with Crippen LogP contribution in [0, 0.1) is 13.8 Å². The van der Waals surface area contributed by atoms with E-state index in [9.17, 15) is 18.0 Å². The van der Waals surface area contributed by atoms with Crippen LogP contribution in [0.2, 0.25) is 10.0 Å². The summed E-state index contributed by atoms with van der Waals surface area (Å²) in [5.74, 6) is -0.893. The molecule has 0 spiro atoms. The van der Waals surface area contributed by atoms with Crippen LogP contribution < -0.4 is 9.62 Å². The van der Waals surface area contributed by atoms with Crippen LogP contribution in [0.15, 0.2) is 36.4 Å². The van der Waals surface area contributed by atoms with Gasteiger partial charge in [-0.1, -0.05) is 41.4 Å². The zero-order valence-corrected chi connectivity index (χ0v) is 23.1. The van der Waals surface area contributed by atoms with Crippen LogP contribution in [0.4, 0.5) is 5.69 Å². The van der Waals surface area contributed by atoms with Gasteiger partial charge in [-0.3, -0.25) is 9.59 Å². The Balaban J connectivity index is 2.52. The number of halogens is 2. The zero-order chi connectivity index (χ0) is 26.5. The molecule has 2 aromatic carbocycles. The Kier molecular flexibility index (Phi) is 9.97. The number of nitrogens with one attached hydrogen (secondary N) is 1. The summed E-state index contributed by atoms with van der Waals surface area (Å²) in [6.45, 7) is 6.94. The van der Waals surface area contributed by atoms with Crippen molar-refractivity contribution in [2.24, 2.45) is 0 Å². The lowest BCUT2D eigenvalue weighted by atomic mass is 10.1. The van der Waals surface area contributed by atoms with Crippen LogP contribution in [0.3, 0.4) is 0 Å². The second kappa shape index (κ2) is 12.1. The maximum atomic E-state index is 13.7. The summed E-state index contributed by atoms with van der Waals surface area (Å²) < 4.78 is 28.7. The highest BCUT2D eigenvalue weighted by Gasteiger charge is 2.33. The molecule has 2 aromatic rings. The number of hydrogen-bond acceptors (Lipinski definition) is 4. The third-order valence-corrected chi connectivity index (χ3v) is 8.05. The maximum absolute atomic E-state index is 13.7. The third kappa shape index (κ3) is 7.10. The normalized spacial score (nSPS) is 12.4. The lowest BCUT2D eigenvalue weighted by Crippen LogP contribution is -2.52. The first-order chi connectivity index (χ1) is 16.3. The molecule has 0 fully saturated rings. The first-order valence-corrected chi connectivity index (χ1v) is 13.2. The minimum Gasteiger partial charge on any atom is -0.355 e. The third-order valence-electron chi connectivity index (χ3n) is 5.51. The highest BCUT2D eigenvalue weighted by Crippen LogP contribution is 2.27. The predicted molar refractivity (Wildman–Crippen MR) is 141 cm³/mol. The lowest BCUT2D eigenvalue weighted by molar-refractivity contribution is -0.139. The van der Waals surface area contributed by atoms with Crippen LogP contribution in [-0.2, 0) is 26.3 Å². The van der Waals surface area contributed by atoms with Crippen molar-refractivity contribution < 1.29 is 18.0 Å². The van der Waals surface area contributed by atoms with Gasteiger partial charge in [0, 0.05) is 27.2 Å². The van der Waals surface area contributed by atoms with Crippen LogP contribution in [0.25, 0.3) is 0 Å². The lowest BCUT2D eigenvalue weighted by Gasteiger charge is -2.33. The second-order valence-electron chi connectivity index (χ2n) is 8.43. The molecule has 35 heavy (non-hydrogen) atoms. The number of anilines is 1. The largest absolute Gasteiger partial charge is 0.355 e. The van der Waals surface area contributed by atoms with E-state index in [-0.39, 0.29) is 12.5 Å². The minimum atomic E-state index is -4.02. The molecule has 0 unspecified atom stereocenters.